The van der Waals surface area contributed by atoms with Crippen molar-refractivity contribution in [3.05, 3.63) is 38.3 Å². The van der Waals surface area contributed by atoms with E-state index < -0.39 is 0 Å². The predicted octanol–water partition coefficient (Wildman–Crippen LogP) is 4.56. The summed E-state index contributed by atoms with van der Waals surface area (Å²) in [5.74, 6) is 0. The van der Waals surface area contributed by atoms with Crippen molar-refractivity contribution in [2.24, 2.45) is 5.73 Å². The van der Waals surface area contributed by atoms with Gasteiger partial charge >= 0.3 is 0 Å². The van der Waals surface area contributed by atoms with Crippen LogP contribution in [0.3, 0.4) is 0 Å². The fourth-order valence-electron chi connectivity index (χ4n) is 2.23. The normalized spacial score (nSPS) is 18.7. The molecule has 1 atom stereocenters. The van der Waals surface area contributed by atoms with Crippen LogP contribution in [0.4, 0.5) is 0 Å². The average Bonchev–Trinajstić information content (AvgIpc) is 2.74. The van der Waals surface area contributed by atoms with Crippen LogP contribution in [0, 0.1) is 0 Å². The fraction of sp³-hybridized carbons (Fsp3) is 0.308. The van der Waals surface area contributed by atoms with Gasteiger partial charge in [-0.3, -0.25) is 0 Å². The minimum atomic E-state index is 0.158. The van der Waals surface area contributed by atoms with E-state index in [-0.39, 0.29) is 6.04 Å². The zero-order valence-electron chi connectivity index (χ0n) is 9.62. The summed E-state index contributed by atoms with van der Waals surface area (Å²) in [6.07, 6.45) is 3.25. The van der Waals surface area contributed by atoms with Crippen LogP contribution in [0.1, 0.15) is 29.5 Å². The van der Waals surface area contributed by atoms with Crippen molar-refractivity contribution < 1.29 is 0 Å². The second kappa shape index (κ2) is 4.93. The van der Waals surface area contributed by atoms with Gasteiger partial charge in [-0.1, -0.05) is 27.5 Å². The molecule has 0 saturated carbocycles. The Kier molecular flexibility index (Phi) is 3.45. The van der Waals surface area contributed by atoms with Crippen LogP contribution in [0.25, 0.3) is 10.6 Å². The number of nitrogens with two attached hydrogens (primary N) is 1. The summed E-state index contributed by atoms with van der Waals surface area (Å²) in [7, 11) is 0. The van der Waals surface area contributed by atoms with Gasteiger partial charge in [-0.15, -0.1) is 11.3 Å². The van der Waals surface area contributed by atoms with Gasteiger partial charge in [-0.25, -0.2) is 4.98 Å². The highest BCUT2D eigenvalue weighted by atomic mass is 79.9. The number of aryl methyl sites for hydroxylation is 1. The zero-order valence-corrected chi connectivity index (χ0v) is 12.8. The minimum Gasteiger partial charge on any atom is -0.323 e. The molecule has 1 aromatic carbocycles. The molecule has 0 fully saturated rings. The standard InChI is InChI=1S/C13H12BrClN2S/c14-9-6-7(15)4-5-8(9)13-17-11-3-1-2-10(16)12(11)18-13/h4-6,10H,1-3,16H2. The number of aromatic nitrogens is 1. The summed E-state index contributed by atoms with van der Waals surface area (Å²) in [4.78, 5) is 5.98. The Morgan fingerprint density at radius 2 is 2.28 bits per heavy atom. The van der Waals surface area contributed by atoms with E-state index in [0.717, 1.165) is 39.3 Å². The minimum absolute atomic E-state index is 0.158. The Labute approximate surface area is 123 Å². The highest BCUT2D eigenvalue weighted by Crippen LogP contribution is 2.39. The van der Waals surface area contributed by atoms with Crippen LogP contribution in [0.5, 0.6) is 0 Å². The smallest absolute Gasteiger partial charge is 0.125 e. The molecule has 0 aliphatic heterocycles. The maximum absolute atomic E-state index is 6.14. The molecule has 1 aliphatic rings. The van der Waals surface area contributed by atoms with Crippen LogP contribution in [0.2, 0.25) is 5.02 Å². The topological polar surface area (TPSA) is 38.9 Å². The van der Waals surface area contributed by atoms with Crippen molar-refractivity contribution in [3.63, 3.8) is 0 Å². The fourth-order valence-corrected chi connectivity index (χ4v) is 4.42. The van der Waals surface area contributed by atoms with Gasteiger partial charge in [-0.05, 0) is 37.5 Å². The molecule has 2 N–H and O–H groups in total. The zero-order chi connectivity index (χ0) is 12.7. The van der Waals surface area contributed by atoms with E-state index in [0.29, 0.717) is 0 Å². The summed E-state index contributed by atoms with van der Waals surface area (Å²) in [5.41, 5.74) is 8.40. The van der Waals surface area contributed by atoms with Crippen LogP contribution in [-0.4, -0.2) is 4.98 Å². The third-order valence-corrected chi connectivity index (χ3v) is 5.31. The number of thiazole rings is 1. The van der Waals surface area contributed by atoms with Gasteiger partial charge in [0.2, 0.25) is 0 Å². The third kappa shape index (κ3) is 2.23. The molecular formula is C13H12BrClN2S. The Morgan fingerprint density at radius 3 is 3.00 bits per heavy atom. The van der Waals surface area contributed by atoms with Gasteiger partial charge in [-0.2, -0.15) is 0 Å². The largest absolute Gasteiger partial charge is 0.323 e. The molecule has 5 heteroatoms. The lowest BCUT2D eigenvalue weighted by Gasteiger charge is -2.15. The molecule has 2 nitrogen and oxygen atoms in total. The van der Waals surface area contributed by atoms with Crippen LogP contribution < -0.4 is 5.73 Å². The lowest BCUT2D eigenvalue weighted by Crippen LogP contribution is -2.15. The lowest BCUT2D eigenvalue weighted by molar-refractivity contribution is 0.573. The Bertz CT molecular complexity index is 597. The Morgan fingerprint density at radius 1 is 1.44 bits per heavy atom. The van der Waals surface area contributed by atoms with Gasteiger partial charge < -0.3 is 5.73 Å². The molecule has 1 heterocycles. The highest BCUT2D eigenvalue weighted by Gasteiger charge is 2.22. The molecule has 94 valence electrons. The van der Waals surface area contributed by atoms with Crippen molar-refractivity contribution in [1.29, 1.82) is 0 Å². The quantitative estimate of drug-likeness (QED) is 0.824. The summed E-state index contributed by atoms with van der Waals surface area (Å²) < 4.78 is 0.981. The Hall–Kier alpha value is -0.420. The number of hydrogen-bond donors (Lipinski definition) is 1. The molecule has 18 heavy (non-hydrogen) atoms. The summed E-state index contributed by atoms with van der Waals surface area (Å²) in [5, 5.41) is 1.75. The molecule has 1 aliphatic carbocycles. The van der Waals surface area contributed by atoms with E-state index in [1.54, 1.807) is 11.3 Å². The third-order valence-electron chi connectivity index (χ3n) is 3.15. The first-order valence-corrected chi connectivity index (χ1v) is 7.84. The first kappa shape index (κ1) is 12.6. The molecular weight excluding hydrogens is 332 g/mol. The number of benzene rings is 1. The maximum Gasteiger partial charge on any atom is 0.125 e. The molecule has 3 rings (SSSR count). The van der Waals surface area contributed by atoms with E-state index in [4.69, 9.17) is 22.3 Å². The number of halogens is 2. The van der Waals surface area contributed by atoms with Gasteiger partial charge in [0.1, 0.15) is 5.01 Å². The molecule has 0 amide bonds. The maximum atomic E-state index is 6.14. The molecule has 1 unspecified atom stereocenters. The molecule has 0 saturated heterocycles. The van der Waals surface area contributed by atoms with Crippen LogP contribution in [0.15, 0.2) is 22.7 Å². The van der Waals surface area contributed by atoms with E-state index >= 15 is 0 Å². The SMILES string of the molecule is NC1CCCc2nc(-c3ccc(Cl)cc3Br)sc21. The van der Waals surface area contributed by atoms with Gasteiger partial charge in [0.15, 0.2) is 0 Å². The number of fused-ring (bicyclic) bond motifs is 1. The number of rotatable bonds is 1. The second-order valence-electron chi connectivity index (χ2n) is 4.45. The number of hydrogen-bond acceptors (Lipinski definition) is 3. The van der Waals surface area contributed by atoms with Crippen LogP contribution >= 0.6 is 38.9 Å². The van der Waals surface area contributed by atoms with Gasteiger partial charge in [0, 0.05) is 26.0 Å². The summed E-state index contributed by atoms with van der Waals surface area (Å²) >= 11 is 11.2. The van der Waals surface area contributed by atoms with Crippen molar-refractivity contribution in [2.45, 2.75) is 25.3 Å². The van der Waals surface area contributed by atoms with Gasteiger partial charge in [0.05, 0.1) is 5.69 Å². The molecule has 0 spiro atoms. The second-order valence-corrected chi connectivity index (χ2v) is 6.77. The summed E-state index contributed by atoms with van der Waals surface area (Å²) in [6.45, 7) is 0. The van der Waals surface area contributed by atoms with Crippen molar-refractivity contribution >= 4 is 38.9 Å². The molecule has 2 aromatic rings. The summed E-state index contributed by atoms with van der Waals surface area (Å²) in [6, 6.07) is 5.95. The van der Waals surface area contributed by atoms with E-state index in [1.807, 2.05) is 18.2 Å². The van der Waals surface area contributed by atoms with Crippen molar-refractivity contribution in [2.75, 3.05) is 0 Å². The lowest BCUT2D eigenvalue weighted by atomic mass is 9.99. The number of nitrogens with zero attached hydrogens (tertiary/aromatic N) is 1. The van der Waals surface area contributed by atoms with Crippen molar-refractivity contribution in [1.82, 2.24) is 4.98 Å². The van der Waals surface area contributed by atoms with Crippen molar-refractivity contribution in [3.8, 4) is 10.6 Å². The first-order chi connectivity index (χ1) is 8.65. The Balaban J connectivity index is 2.07. The average molecular weight is 344 g/mol. The van der Waals surface area contributed by atoms with E-state index in [2.05, 4.69) is 15.9 Å². The predicted molar refractivity (Wildman–Crippen MR) is 80.1 cm³/mol. The highest BCUT2D eigenvalue weighted by molar-refractivity contribution is 9.10. The molecule has 0 bridgehead atoms. The monoisotopic (exact) mass is 342 g/mol. The molecule has 0 radical (unpaired) electrons. The van der Waals surface area contributed by atoms with E-state index in [9.17, 15) is 0 Å². The molecule has 1 aromatic heterocycles. The van der Waals surface area contributed by atoms with Gasteiger partial charge in [0.25, 0.3) is 0 Å². The van der Waals surface area contributed by atoms with Crippen LogP contribution in [-0.2, 0) is 6.42 Å². The first-order valence-electron chi connectivity index (χ1n) is 5.86. The van der Waals surface area contributed by atoms with E-state index in [1.165, 1.54) is 10.6 Å².